The van der Waals surface area contributed by atoms with Gasteiger partial charge in [0.25, 0.3) is 11.7 Å². The van der Waals surface area contributed by atoms with Crippen molar-refractivity contribution in [3.63, 3.8) is 0 Å². The molecular weight excluding hydrogens is 472 g/mol. The van der Waals surface area contributed by atoms with Gasteiger partial charge in [-0.15, -0.1) is 0 Å². The third-order valence-electron chi connectivity index (χ3n) is 6.70. The Morgan fingerprint density at radius 1 is 1.05 bits per heavy atom. The minimum absolute atomic E-state index is 0.00582. The van der Waals surface area contributed by atoms with E-state index in [9.17, 15) is 19.8 Å². The first-order valence-corrected chi connectivity index (χ1v) is 13.0. The molecule has 0 spiro atoms. The Kier molecular flexibility index (Phi) is 9.97. The Morgan fingerprint density at radius 2 is 1.81 bits per heavy atom. The van der Waals surface area contributed by atoms with E-state index in [1.807, 2.05) is 0 Å². The number of Topliss-reactive ketones (excluding diaryl/α,β-unsaturated/α-hetero) is 1. The number of likely N-dealkylation sites (tertiary alicyclic amines) is 1. The number of rotatable bonds is 13. The van der Waals surface area contributed by atoms with Crippen LogP contribution in [-0.4, -0.2) is 71.6 Å². The predicted octanol–water partition coefficient (Wildman–Crippen LogP) is 4.73. The fourth-order valence-electron chi connectivity index (χ4n) is 4.55. The van der Waals surface area contributed by atoms with Gasteiger partial charge in [-0.3, -0.25) is 9.59 Å². The summed E-state index contributed by atoms with van der Waals surface area (Å²) in [6, 6.07) is 10.8. The molecule has 0 saturated carbocycles. The molecular formula is C29H38N2O6. The van der Waals surface area contributed by atoms with Crippen LogP contribution in [0.4, 0.5) is 0 Å². The summed E-state index contributed by atoms with van der Waals surface area (Å²) in [6.07, 6.45) is 2.56. The van der Waals surface area contributed by atoms with Crippen LogP contribution in [0.15, 0.2) is 48.0 Å². The van der Waals surface area contributed by atoms with E-state index in [2.05, 4.69) is 25.7 Å². The zero-order chi connectivity index (χ0) is 26.9. The first-order chi connectivity index (χ1) is 17.9. The first-order valence-electron chi connectivity index (χ1n) is 13.0. The Morgan fingerprint density at radius 3 is 2.49 bits per heavy atom. The van der Waals surface area contributed by atoms with Crippen molar-refractivity contribution >= 4 is 17.4 Å². The Balaban J connectivity index is 2.04. The average Bonchev–Trinajstić information content (AvgIpc) is 3.16. The highest BCUT2D eigenvalue weighted by Gasteiger charge is 2.46. The van der Waals surface area contributed by atoms with Gasteiger partial charge in [-0.05, 0) is 62.3 Å². The summed E-state index contributed by atoms with van der Waals surface area (Å²) >= 11 is 0. The van der Waals surface area contributed by atoms with E-state index in [4.69, 9.17) is 9.47 Å². The molecule has 0 bridgehead atoms. The molecule has 0 aromatic heterocycles. The number of hydrogen-bond acceptors (Lipinski definition) is 7. The molecule has 2 aromatic rings. The van der Waals surface area contributed by atoms with Crippen molar-refractivity contribution in [2.45, 2.75) is 46.1 Å². The van der Waals surface area contributed by atoms with Crippen molar-refractivity contribution in [1.29, 1.82) is 0 Å². The lowest BCUT2D eigenvalue weighted by Crippen LogP contribution is -2.33. The molecule has 1 aliphatic rings. The number of amides is 1. The summed E-state index contributed by atoms with van der Waals surface area (Å²) in [4.78, 5) is 30.3. The lowest BCUT2D eigenvalue weighted by molar-refractivity contribution is -0.140. The van der Waals surface area contributed by atoms with Crippen molar-refractivity contribution in [2.75, 3.05) is 39.9 Å². The average molecular weight is 511 g/mol. The fraction of sp³-hybridized carbons (Fsp3) is 0.448. The standard InChI is InChI=1S/C29H38N2O6/c1-5-8-17-37-22-12-9-11-21(18-22)27(33)25-26(20-13-14-23(32)24(19-20)36-4)31(29(35)28(25)34)16-10-15-30(6-2)7-3/h9,11-14,18-19,26,32-33H,5-8,10,15-17H2,1-4H3. The number of carbonyl (C=O) groups is 2. The van der Waals surface area contributed by atoms with E-state index in [0.717, 1.165) is 32.5 Å². The van der Waals surface area contributed by atoms with Gasteiger partial charge in [0, 0.05) is 12.1 Å². The van der Waals surface area contributed by atoms with Crippen LogP contribution in [-0.2, 0) is 9.59 Å². The highest BCUT2D eigenvalue weighted by molar-refractivity contribution is 6.46. The van der Waals surface area contributed by atoms with E-state index >= 15 is 0 Å². The van der Waals surface area contributed by atoms with Crippen LogP contribution >= 0.6 is 0 Å². The maximum absolute atomic E-state index is 13.3. The molecule has 1 heterocycles. The number of benzene rings is 2. The van der Waals surface area contributed by atoms with E-state index < -0.39 is 17.7 Å². The predicted molar refractivity (Wildman–Crippen MR) is 143 cm³/mol. The second-order valence-electron chi connectivity index (χ2n) is 9.03. The molecule has 1 atom stereocenters. The Bertz CT molecular complexity index is 1130. The van der Waals surface area contributed by atoms with Crippen molar-refractivity contribution in [2.24, 2.45) is 0 Å². The maximum atomic E-state index is 13.3. The number of ketones is 1. The molecule has 1 unspecified atom stereocenters. The molecule has 0 radical (unpaired) electrons. The van der Waals surface area contributed by atoms with E-state index in [1.165, 1.54) is 18.1 Å². The highest BCUT2D eigenvalue weighted by Crippen LogP contribution is 2.42. The third-order valence-corrected chi connectivity index (χ3v) is 6.70. The molecule has 1 fully saturated rings. The van der Waals surface area contributed by atoms with Crippen molar-refractivity contribution in [3.05, 3.63) is 59.2 Å². The number of phenols is 1. The molecule has 1 amide bonds. The van der Waals surface area contributed by atoms with Crippen LogP contribution in [0.3, 0.4) is 0 Å². The zero-order valence-electron chi connectivity index (χ0n) is 22.2. The van der Waals surface area contributed by atoms with Gasteiger partial charge < -0.3 is 29.5 Å². The summed E-state index contributed by atoms with van der Waals surface area (Å²) in [5, 5.41) is 21.5. The summed E-state index contributed by atoms with van der Waals surface area (Å²) in [6.45, 7) is 9.69. The monoisotopic (exact) mass is 510 g/mol. The number of phenolic OH excluding ortho intramolecular Hbond substituents is 1. The van der Waals surface area contributed by atoms with Gasteiger partial charge in [0.2, 0.25) is 0 Å². The minimum Gasteiger partial charge on any atom is -0.507 e. The van der Waals surface area contributed by atoms with Crippen molar-refractivity contribution in [3.8, 4) is 17.2 Å². The number of carbonyl (C=O) groups excluding carboxylic acids is 2. The molecule has 0 aliphatic carbocycles. The van der Waals surface area contributed by atoms with Gasteiger partial charge >= 0.3 is 0 Å². The van der Waals surface area contributed by atoms with Crippen LogP contribution in [0.2, 0.25) is 0 Å². The van der Waals surface area contributed by atoms with Gasteiger partial charge in [0.15, 0.2) is 11.5 Å². The second kappa shape index (κ2) is 13.1. The van der Waals surface area contributed by atoms with Crippen molar-refractivity contribution in [1.82, 2.24) is 9.80 Å². The molecule has 8 nitrogen and oxygen atoms in total. The van der Waals surface area contributed by atoms with Gasteiger partial charge in [0.05, 0.1) is 25.3 Å². The zero-order valence-corrected chi connectivity index (χ0v) is 22.2. The lowest BCUT2D eigenvalue weighted by Gasteiger charge is -2.27. The van der Waals surface area contributed by atoms with Gasteiger partial charge in [-0.2, -0.15) is 0 Å². The van der Waals surface area contributed by atoms with Crippen LogP contribution in [0.25, 0.3) is 5.76 Å². The summed E-state index contributed by atoms with van der Waals surface area (Å²) < 4.78 is 11.1. The molecule has 8 heteroatoms. The number of unbranched alkanes of at least 4 members (excludes halogenated alkanes) is 1. The third kappa shape index (κ3) is 6.43. The Hall–Kier alpha value is -3.52. The number of aromatic hydroxyl groups is 1. The van der Waals surface area contributed by atoms with Crippen molar-refractivity contribution < 1.29 is 29.3 Å². The number of methoxy groups -OCH3 is 1. The maximum Gasteiger partial charge on any atom is 0.295 e. The van der Waals surface area contributed by atoms with Crippen LogP contribution < -0.4 is 9.47 Å². The quantitative estimate of drug-likeness (QED) is 0.174. The van der Waals surface area contributed by atoms with Crippen LogP contribution in [0, 0.1) is 0 Å². The molecule has 200 valence electrons. The summed E-state index contributed by atoms with van der Waals surface area (Å²) in [5.41, 5.74) is 0.964. The first kappa shape index (κ1) is 28.1. The smallest absolute Gasteiger partial charge is 0.295 e. The molecule has 37 heavy (non-hydrogen) atoms. The van der Waals surface area contributed by atoms with E-state index in [-0.39, 0.29) is 22.8 Å². The number of aliphatic hydroxyl groups excluding tert-OH is 1. The molecule has 3 rings (SSSR count). The molecule has 1 aliphatic heterocycles. The second-order valence-corrected chi connectivity index (χ2v) is 9.03. The normalized spacial score (nSPS) is 17.0. The number of ether oxygens (including phenoxy) is 2. The van der Waals surface area contributed by atoms with E-state index in [1.54, 1.807) is 36.4 Å². The van der Waals surface area contributed by atoms with Gasteiger partial charge in [0.1, 0.15) is 11.5 Å². The SMILES string of the molecule is CCCCOc1cccc(C(O)=C2C(=O)C(=O)N(CCCN(CC)CC)C2c2ccc(O)c(OC)c2)c1. The van der Waals surface area contributed by atoms with Crippen LogP contribution in [0.1, 0.15) is 57.2 Å². The van der Waals surface area contributed by atoms with Gasteiger partial charge in [-0.25, -0.2) is 0 Å². The largest absolute Gasteiger partial charge is 0.507 e. The van der Waals surface area contributed by atoms with E-state index in [0.29, 0.717) is 36.4 Å². The van der Waals surface area contributed by atoms with Crippen LogP contribution in [0.5, 0.6) is 17.2 Å². The highest BCUT2D eigenvalue weighted by atomic mass is 16.5. The minimum atomic E-state index is -0.823. The summed E-state index contributed by atoms with van der Waals surface area (Å²) in [7, 11) is 1.43. The molecule has 2 N–H and O–H groups in total. The fourth-order valence-corrected chi connectivity index (χ4v) is 4.55. The number of aliphatic hydroxyl groups is 1. The molecule has 2 aromatic carbocycles. The Labute approximate surface area is 219 Å². The number of hydrogen-bond donors (Lipinski definition) is 2. The number of nitrogens with zero attached hydrogens (tertiary/aromatic N) is 2. The lowest BCUT2D eigenvalue weighted by atomic mass is 9.95. The van der Waals surface area contributed by atoms with Gasteiger partial charge in [-0.1, -0.05) is 45.4 Å². The summed E-state index contributed by atoms with van der Waals surface area (Å²) in [5.74, 6) is -0.918. The topological polar surface area (TPSA) is 99.5 Å². The molecule has 1 saturated heterocycles.